The largest absolute Gasteiger partial charge is 0.496 e. The number of carbonyl (C=O) groups is 1. The Morgan fingerprint density at radius 2 is 2.08 bits per heavy atom. The van der Waals surface area contributed by atoms with Crippen LogP contribution in [0.2, 0.25) is 0 Å². The monoisotopic (exact) mass is 186 g/mol. The molecule has 0 aromatic heterocycles. The zero-order chi connectivity index (χ0) is 10.0. The van der Waals surface area contributed by atoms with Crippen LogP contribution >= 0.6 is 0 Å². The van der Waals surface area contributed by atoms with Crippen molar-refractivity contribution >= 4 is 6.29 Å². The molecule has 0 N–H and O–H groups in total. The van der Waals surface area contributed by atoms with Gasteiger partial charge in [-0.1, -0.05) is 0 Å². The molecule has 0 radical (unpaired) electrons. The van der Waals surface area contributed by atoms with Gasteiger partial charge in [-0.25, -0.2) is 8.78 Å². The van der Waals surface area contributed by atoms with Crippen LogP contribution in [0, 0.1) is 18.6 Å². The van der Waals surface area contributed by atoms with Gasteiger partial charge < -0.3 is 4.74 Å². The number of benzene rings is 1. The van der Waals surface area contributed by atoms with Crippen LogP contribution in [-0.4, -0.2) is 13.4 Å². The van der Waals surface area contributed by atoms with Gasteiger partial charge in [0.15, 0.2) is 6.29 Å². The van der Waals surface area contributed by atoms with Crippen LogP contribution in [0.5, 0.6) is 5.75 Å². The fourth-order valence-electron chi connectivity index (χ4n) is 1.04. The summed E-state index contributed by atoms with van der Waals surface area (Å²) in [5.74, 6) is -1.68. The molecule has 0 fully saturated rings. The summed E-state index contributed by atoms with van der Waals surface area (Å²) < 4.78 is 30.8. The molecule has 0 aliphatic carbocycles. The summed E-state index contributed by atoms with van der Waals surface area (Å²) in [5.41, 5.74) is -0.427. The summed E-state index contributed by atoms with van der Waals surface area (Å²) in [6.45, 7) is 1.42. The predicted molar refractivity (Wildman–Crippen MR) is 43.0 cm³/mol. The van der Waals surface area contributed by atoms with Crippen molar-refractivity contribution in [3.63, 3.8) is 0 Å². The predicted octanol–water partition coefficient (Wildman–Crippen LogP) is 2.09. The number of methoxy groups -OCH3 is 1. The molecule has 70 valence electrons. The summed E-state index contributed by atoms with van der Waals surface area (Å²) in [7, 11) is 1.31. The van der Waals surface area contributed by atoms with Gasteiger partial charge in [-0.3, -0.25) is 4.79 Å². The molecule has 1 aromatic rings. The van der Waals surface area contributed by atoms with E-state index >= 15 is 0 Å². The van der Waals surface area contributed by atoms with Crippen molar-refractivity contribution < 1.29 is 18.3 Å². The lowest BCUT2D eigenvalue weighted by Gasteiger charge is -2.07. The van der Waals surface area contributed by atoms with Crippen LogP contribution in [-0.2, 0) is 0 Å². The molecule has 4 heteroatoms. The Morgan fingerprint density at radius 3 is 2.54 bits per heavy atom. The highest BCUT2D eigenvalue weighted by Gasteiger charge is 2.15. The van der Waals surface area contributed by atoms with Crippen LogP contribution < -0.4 is 4.74 Å². The molecule has 2 nitrogen and oxygen atoms in total. The smallest absolute Gasteiger partial charge is 0.155 e. The molecule has 1 aromatic carbocycles. The number of halogens is 2. The van der Waals surface area contributed by atoms with Crippen LogP contribution in [0.4, 0.5) is 8.78 Å². The van der Waals surface area contributed by atoms with Crippen molar-refractivity contribution in [2.75, 3.05) is 7.11 Å². The van der Waals surface area contributed by atoms with Gasteiger partial charge in [-0.05, 0) is 6.92 Å². The second-order valence-corrected chi connectivity index (χ2v) is 2.53. The SMILES string of the molecule is COc1cc(F)c(C=O)c(F)c1C. The van der Waals surface area contributed by atoms with Gasteiger partial charge in [-0.2, -0.15) is 0 Å². The first kappa shape index (κ1) is 9.64. The quantitative estimate of drug-likeness (QED) is 0.661. The van der Waals surface area contributed by atoms with E-state index in [9.17, 15) is 13.6 Å². The Labute approximate surface area is 74.1 Å². The van der Waals surface area contributed by atoms with E-state index in [1.54, 1.807) is 0 Å². The lowest BCUT2D eigenvalue weighted by molar-refractivity contribution is 0.111. The van der Waals surface area contributed by atoms with Crippen molar-refractivity contribution in [1.29, 1.82) is 0 Å². The highest BCUT2D eigenvalue weighted by Crippen LogP contribution is 2.24. The number of ether oxygens (including phenoxy) is 1. The van der Waals surface area contributed by atoms with Crippen molar-refractivity contribution in [3.8, 4) is 5.75 Å². The number of rotatable bonds is 2. The topological polar surface area (TPSA) is 26.3 Å². The van der Waals surface area contributed by atoms with Crippen LogP contribution in [0.15, 0.2) is 6.07 Å². The maximum Gasteiger partial charge on any atom is 0.155 e. The summed E-state index contributed by atoms with van der Waals surface area (Å²) in [5, 5.41) is 0. The minimum atomic E-state index is -0.907. The summed E-state index contributed by atoms with van der Waals surface area (Å²) >= 11 is 0. The molecule has 0 saturated heterocycles. The first-order valence-corrected chi connectivity index (χ1v) is 3.59. The lowest BCUT2D eigenvalue weighted by Crippen LogP contribution is -1.99. The maximum atomic E-state index is 13.2. The normalized spacial score (nSPS) is 9.85. The molecule has 0 unspecified atom stereocenters. The molecule has 0 saturated carbocycles. The summed E-state index contributed by atoms with van der Waals surface area (Å²) in [4.78, 5) is 10.3. The Bertz CT molecular complexity index is 348. The van der Waals surface area contributed by atoms with E-state index in [1.807, 2.05) is 0 Å². The second kappa shape index (κ2) is 3.51. The van der Waals surface area contributed by atoms with Gasteiger partial charge in [0.05, 0.1) is 12.7 Å². The molecule has 0 heterocycles. The van der Waals surface area contributed by atoms with Gasteiger partial charge in [0.1, 0.15) is 17.4 Å². The van der Waals surface area contributed by atoms with Gasteiger partial charge in [0, 0.05) is 11.6 Å². The molecule has 0 spiro atoms. The molecule has 0 aliphatic rings. The average Bonchev–Trinajstić information content (AvgIpc) is 2.12. The van der Waals surface area contributed by atoms with Gasteiger partial charge in [0.25, 0.3) is 0 Å². The van der Waals surface area contributed by atoms with Crippen LogP contribution in [0.3, 0.4) is 0 Å². The van der Waals surface area contributed by atoms with Crippen LogP contribution in [0.1, 0.15) is 15.9 Å². The summed E-state index contributed by atoms with van der Waals surface area (Å²) in [6.07, 6.45) is 0.150. The molecule has 0 amide bonds. The number of hydrogen-bond donors (Lipinski definition) is 0. The second-order valence-electron chi connectivity index (χ2n) is 2.53. The Morgan fingerprint density at radius 1 is 1.46 bits per heavy atom. The van der Waals surface area contributed by atoms with E-state index in [4.69, 9.17) is 4.74 Å². The minimum absolute atomic E-state index is 0.0978. The van der Waals surface area contributed by atoms with Crippen molar-refractivity contribution in [3.05, 3.63) is 28.8 Å². The molecule has 0 aliphatic heterocycles. The third kappa shape index (κ3) is 1.52. The van der Waals surface area contributed by atoms with Gasteiger partial charge in [0.2, 0.25) is 0 Å². The van der Waals surface area contributed by atoms with E-state index in [1.165, 1.54) is 14.0 Å². The Kier molecular flexibility index (Phi) is 2.60. The van der Waals surface area contributed by atoms with E-state index < -0.39 is 17.2 Å². The van der Waals surface area contributed by atoms with Gasteiger partial charge in [-0.15, -0.1) is 0 Å². The van der Waals surface area contributed by atoms with E-state index in [2.05, 4.69) is 0 Å². The Balaban J connectivity index is 3.45. The van der Waals surface area contributed by atoms with E-state index in [0.717, 1.165) is 6.07 Å². The van der Waals surface area contributed by atoms with Crippen LogP contribution in [0.25, 0.3) is 0 Å². The van der Waals surface area contributed by atoms with Crippen molar-refractivity contribution in [1.82, 2.24) is 0 Å². The minimum Gasteiger partial charge on any atom is -0.496 e. The lowest BCUT2D eigenvalue weighted by atomic mass is 10.1. The highest BCUT2D eigenvalue weighted by atomic mass is 19.1. The molecule has 0 bridgehead atoms. The molecule has 1 rings (SSSR count). The first-order chi connectivity index (χ1) is 6.11. The molecule has 0 atom stereocenters. The number of carbonyl (C=O) groups excluding carboxylic acids is 1. The molecular weight excluding hydrogens is 178 g/mol. The highest BCUT2D eigenvalue weighted by molar-refractivity contribution is 5.76. The standard InChI is InChI=1S/C9H8F2O2/c1-5-8(13-2)3-7(10)6(4-12)9(5)11/h3-4H,1-2H3. The fourth-order valence-corrected chi connectivity index (χ4v) is 1.04. The van der Waals surface area contributed by atoms with E-state index in [-0.39, 0.29) is 17.6 Å². The van der Waals surface area contributed by atoms with Crippen molar-refractivity contribution in [2.24, 2.45) is 0 Å². The van der Waals surface area contributed by atoms with Gasteiger partial charge >= 0.3 is 0 Å². The Hall–Kier alpha value is -1.45. The number of aldehydes is 1. The maximum absolute atomic E-state index is 13.2. The summed E-state index contributed by atoms with van der Waals surface area (Å²) in [6, 6.07) is 0.988. The third-order valence-corrected chi connectivity index (χ3v) is 1.79. The number of hydrogen-bond acceptors (Lipinski definition) is 2. The first-order valence-electron chi connectivity index (χ1n) is 3.59. The van der Waals surface area contributed by atoms with E-state index in [0.29, 0.717) is 0 Å². The third-order valence-electron chi connectivity index (χ3n) is 1.79. The molecular formula is C9H8F2O2. The zero-order valence-electron chi connectivity index (χ0n) is 7.23. The van der Waals surface area contributed by atoms with Crippen molar-refractivity contribution in [2.45, 2.75) is 6.92 Å². The average molecular weight is 186 g/mol. The molecule has 13 heavy (non-hydrogen) atoms. The zero-order valence-corrected chi connectivity index (χ0v) is 7.23. The fraction of sp³-hybridized carbons (Fsp3) is 0.222.